The first-order valence-corrected chi connectivity index (χ1v) is 3.87. The molecule has 0 rings (SSSR count). The summed E-state index contributed by atoms with van der Waals surface area (Å²) in [6.07, 6.45) is -8.28. The molecule has 15 heavy (non-hydrogen) atoms. The Hall–Kier alpha value is -0.810. The Balaban J connectivity index is 4.43. The molecular weight excluding hydrogens is 214 g/mol. The number of carbonyl (C=O) groups is 1. The summed E-state index contributed by atoms with van der Waals surface area (Å²) in [6.45, 7) is -0.902. The lowest BCUT2D eigenvalue weighted by Gasteiger charge is -2.25. The van der Waals surface area contributed by atoms with Crippen LogP contribution in [0.5, 0.6) is 0 Å². The van der Waals surface area contributed by atoms with Crippen molar-refractivity contribution in [3.05, 3.63) is 0 Å². The summed E-state index contributed by atoms with van der Waals surface area (Å²) in [7, 11) is 0. The molecule has 0 aromatic rings. The molecule has 7 N–H and O–H groups in total. The third-order valence-corrected chi connectivity index (χ3v) is 1.70. The highest BCUT2D eigenvalue weighted by Crippen LogP contribution is 2.06. The zero-order valence-corrected chi connectivity index (χ0v) is 7.50. The van der Waals surface area contributed by atoms with Crippen LogP contribution in [0.15, 0.2) is 0 Å². The number of carbonyl (C=O) groups excluding carboxylic acids is 1. The molecule has 0 aliphatic carbocycles. The van der Waals surface area contributed by atoms with Crippen molar-refractivity contribution in [3.63, 3.8) is 0 Å². The molecule has 0 saturated heterocycles. The summed E-state index contributed by atoms with van der Waals surface area (Å²) >= 11 is 0. The van der Waals surface area contributed by atoms with Gasteiger partial charge < -0.3 is 25.5 Å². The van der Waals surface area contributed by atoms with Crippen molar-refractivity contribution in [2.75, 3.05) is 6.61 Å². The van der Waals surface area contributed by atoms with Crippen LogP contribution in [-0.2, 0) is 4.79 Å². The monoisotopic (exact) mass is 227 g/mol. The summed E-state index contributed by atoms with van der Waals surface area (Å²) in [4.78, 5) is 10.7. The van der Waals surface area contributed by atoms with E-state index in [9.17, 15) is 4.79 Å². The van der Waals surface area contributed by atoms with Crippen LogP contribution in [0.2, 0.25) is 0 Å². The van der Waals surface area contributed by atoms with E-state index in [-0.39, 0.29) is 0 Å². The number of hydrogen-bond acceptors (Lipinski definition) is 8. The fourth-order valence-corrected chi connectivity index (χ4v) is 0.787. The van der Waals surface area contributed by atoms with E-state index in [2.05, 4.69) is 0 Å². The second-order valence-corrected chi connectivity index (χ2v) is 2.80. The average molecular weight is 227 g/mol. The van der Waals surface area contributed by atoms with Crippen LogP contribution in [-0.4, -0.2) is 78.1 Å². The Morgan fingerprint density at radius 1 is 1.07 bits per heavy atom. The SMILES string of the molecule is O=C([C@H](O)[C@@H](O)[C@H](O)[C@H](O)CO)N(O)O. The molecule has 0 aromatic heterocycles. The van der Waals surface area contributed by atoms with Crippen molar-refractivity contribution in [2.24, 2.45) is 0 Å². The van der Waals surface area contributed by atoms with Gasteiger partial charge in [0.1, 0.15) is 18.3 Å². The van der Waals surface area contributed by atoms with Gasteiger partial charge in [0.2, 0.25) is 0 Å². The third kappa shape index (κ3) is 3.68. The molecular formula is C6H13NO8. The molecule has 9 nitrogen and oxygen atoms in total. The quantitative estimate of drug-likeness (QED) is 0.185. The summed E-state index contributed by atoms with van der Waals surface area (Å²) in [5.74, 6) is -1.69. The van der Waals surface area contributed by atoms with E-state index in [0.29, 0.717) is 0 Å². The molecule has 0 aliphatic heterocycles. The van der Waals surface area contributed by atoms with Crippen molar-refractivity contribution in [1.29, 1.82) is 0 Å². The minimum atomic E-state index is -2.34. The molecule has 1 amide bonds. The number of amides is 1. The number of nitrogens with zero attached hydrogens (tertiary/aromatic N) is 1. The smallest absolute Gasteiger partial charge is 0.304 e. The molecule has 4 atom stereocenters. The molecule has 0 aliphatic rings. The second-order valence-electron chi connectivity index (χ2n) is 2.80. The van der Waals surface area contributed by atoms with E-state index in [0.717, 1.165) is 0 Å². The summed E-state index contributed by atoms with van der Waals surface area (Å²) in [5.41, 5.74) is 0. The topological polar surface area (TPSA) is 162 Å². The van der Waals surface area contributed by atoms with Gasteiger partial charge in [-0.1, -0.05) is 5.23 Å². The molecule has 0 bridgehead atoms. The summed E-state index contributed by atoms with van der Waals surface area (Å²) < 4.78 is 0. The van der Waals surface area contributed by atoms with Crippen molar-refractivity contribution < 1.29 is 40.7 Å². The molecule has 0 aromatic carbocycles. The molecule has 9 heteroatoms. The van der Waals surface area contributed by atoms with Gasteiger partial charge in [0.25, 0.3) is 0 Å². The third-order valence-electron chi connectivity index (χ3n) is 1.70. The molecule has 0 fully saturated rings. The van der Waals surface area contributed by atoms with E-state index in [1.165, 1.54) is 0 Å². The van der Waals surface area contributed by atoms with Crippen molar-refractivity contribution in [3.8, 4) is 0 Å². The number of aliphatic hydroxyl groups excluding tert-OH is 5. The van der Waals surface area contributed by atoms with Gasteiger partial charge in [-0.15, -0.1) is 0 Å². The highest BCUT2D eigenvalue weighted by molar-refractivity contribution is 5.79. The molecule has 0 radical (unpaired) electrons. The van der Waals surface area contributed by atoms with Gasteiger partial charge in [-0.2, -0.15) is 0 Å². The predicted molar refractivity (Wildman–Crippen MR) is 41.5 cm³/mol. The number of hydrogen-bond donors (Lipinski definition) is 7. The standard InChI is InChI=1S/C6H13NO8/c8-1-2(9)3(10)4(11)5(12)6(13)7(14)15/h2-5,8-12,14-15H,1H2/t2-,3-,4+,5-/m1/s1. The van der Waals surface area contributed by atoms with Crippen molar-refractivity contribution in [2.45, 2.75) is 24.4 Å². The van der Waals surface area contributed by atoms with Crippen LogP contribution in [0.3, 0.4) is 0 Å². The Bertz CT molecular complexity index is 209. The van der Waals surface area contributed by atoms with Crippen LogP contribution in [0.1, 0.15) is 0 Å². The molecule has 0 spiro atoms. The Kier molecular flexibility index (Phi) is 5.60. The van der Waals surface area contributed by atoms with Gasteiger partial charge in [-0.25, -0.2) is 0 Å². The van der Waals surface area contributed by atoms with Gasteiger partial charge >= 0.3 is 5.91 Å². The lowest BCUT2D eigenvalue weighted by molar-refractivity contribution is -0.293. The van der Waals surface area contributed by atoms with Crippen molar-refractivity contribution >= 4 is 5.91 Å². The Morgan fingerprint density at radius 3 is 1.87 bits per heavy atom. The highest BCUT2D eigenvalue weighted by Gasteiger charge is 2.36. The second kappa shape index (κ2) is 5.92. The zero-order chi connectivity index (χ0) is 12.2. The van der Waals surface area contributed by atoms with Gasteiger partial charge in [0, 0.05) is 0 Å². The van der Waals surface area contributed by atoms with E-state index >= 15 is 0 Å². The van der Waals surface area contributed by atoms with Crippen LogP contribution < -0.4 is 0 Å². The summed E-state index contributed by atoms with van der Waals surface area (Å²) in [5, 5.41) is 59.7. The first-order chi connectivity index (χ1) is 6.82. The normalized spacial score (nSPS) is 19.1. The fraction of sp³-hybridized carbons (Fsp3) is 0.833. The minimum absolute atomic E-state index is 0.902. The molecule has 0 heterocycles. The average Bonchev–Trinajstić information content (AvgIpc) is 2.23. The first kappa shape index (κ1) is 14.2. The number of rotatable bonds is 5. The van der Waals surface area contributed by atoms with Gasteiger partial charge in [-0.3, -0.25) is 15.2 Å². The Labute approximate surface area is 84.0 Å². The van der Waals surface area contributed by atoms with Crippen LogP contribution in [0.25, 0.3) is 0 Å². The first-order valence-electron chi connectivity index (χ1n) is 3.87. The van der Waals surface area contributed by atoms with Crippen LogP contribution in [0, 0.1) is 0 Å². The van der Waals surface area contributed by atoms with Crippen LogP contribution >= 0.6 is 0 Å². The molecule has 0 unspecified atom stereocenters. The Morgan fingerprint density at radius 2 is 1.53 bits per heavy atom. The van der Waals surface area contributed by atoms with Crippen molar-refractivity contribution in [1.82, 2.24) is 5.23 Å². The summed E-state index contributed by atoms with van der Waals surface area (Å²) in [6, 6.07) is 0. The maximum Gasteiger partial charge on any atom is 0.304 e. The maximum absolute atomic E-state index is 10.7. The van der Waals surface area contributed by atoms with E-state index < -0.39 is 42.2 Å². The number of aliphatic hydroxyl groups is 5. The lowest BCUT2D eigenvalue weighted by Crippen LogP contribution is -2.51. The minimum Gasteiger partial charge on any atom is -0.394 e. The number of hydroxylamine groups is 2. The predicted octanol–water partition coefficient (Wildman–Crippen LogP) is -3.97. The fourth-order valence-electron chi connectivity index (χ4n) is 0.787. The van der Waals surface area contributed by atoms with E-state index in [4.69, 9.17) is 35.9 Å². The molecule has 0 saturated carbocycles. The van der Waals surface area contributed by atoms with Crippen LogP contribution in [0.4, 0.5) is 0 Å². The largest absolute Gasteiger partial charge is 0.394 e. The zero-order valence-electron chi connectivity index (χ0n) is 7.50. The maximum atomic E-state index is 10.7. The van der Waals surface area contributed by atoms with E-state index in [1.807, 2.05) is 0 Å². The van der Waals surface area contributed by atoms with E-state index in [1.54, 1.807) is 0 Å². The van der Waals surface area contributed by atoms with Gasteiger partial charge in [-0.05, 0) is 0 Å². The highest BCUT2D eigenvalue weighted by atomic mass is 16.8. The molecule has 90 valence electrons. The lowest BCUT2D eigenvalue weighted by atomic mass is 10.0. The van der Waals surface area contributed by atoms with Gasteiger partial charge in [0.15, 0.2) is 6.10 Å². The van der Waals surface area contributed by atoms with Gasteiger partial charge in [0.05, 0.1) is 6.61 Å².